The van der Waals surface area contributed by atoms with E-state index in [4.69, 9.17) is 0 Å². The van der Waals surface area contributed by atoms with Gasteiger partial charge in [-0.05, 0) is 43.8 Å². The lowest BCUT2D eigenvalue weighted by Crippen LogP contribution is -2.47. The molecule has 1 aromatic carbocycles. The van der Waals surface area contributed by atoms with Crippen LogP contribution in [0.15, 0.2) is 30.3 Å². The van der Waals surface area contributed by atoms with E-state index in [-0.39, 0.29) is 6.61 Å². The molecule has 0 spiro atoms. The number of nitrogens with zero attached hydrogens (tertiary/aromatic N) is 1. The monoisotopic (exact) mass is 276 g/mol. The third-order valence-corrected chi connectivity index (χ3v) is 4.48. The average molecular weight is 276 g/mol. The molecule has 3 heteroatoms. The van der Waals surface area contributed by atoms with Gasteiger partial charge in [-0.15, -0.1) is 0 Å². The molecular formula is C17H28N2O. The minimum Gasteiger partial charge on any atom is -0.396 e. The van der Waals surface area contributed by atoms with Gasteiger partial charge in [0, 0.05) is 25.7 Å². The zero-order valence-corrected chi connectivity index (χ0v) is 12.8. The first-order valence-corrected chi connectivity index (χ1v) is 7.78. The number of rotatable bonds is 6. The zero-order chi connectivity index (χ0) is 14.4. The predicted octanol–water partition coefficient (Wildman–Crippen LogP) is 2.08. The number of aliphatic hydroxyl groups is 1. The van der Waals surface area contributed by atoms with E-state index >= 15 is 0 Å². The zero-order valence-electron chi connectivity index (χ0n) is 12.8. The second kappa shape index (κ2) is 7.77. The molecule has 1 fully saturated rings. The van der Waals surface area contributed by atoms with Crippen molar-refractivity contribution < 1.29 is 5.11 Å². The van der Waals surface area contributed by atoms with Crippen LogP contribution in [0.2, 0.25) is 0 Å². The summed E-state index contributed by atoms with van der Waals surface area (Å²) < 4.78 is 0. The molecule has 1 aliphatic rings. The molecule has 0 radical (unpaired) electrons. The molecule has 3 unspecified atom stereocenters. The van der Waals surface area contributed by atoms with Crippen LogP contribution < -0.4 is 5.32 Å². The van der Waals surface area contributed by atoms with Crippen molar-refractivity contribution in [2.75, 3.05) is 33.3 Å². The standard InChI is InChI=1S/C17H28N2O/c1-14-13-19(2)10-8-17(14)18-12-16(9-11-20)15-6-4-3-5-7-15/h3-7,14,16-18,20H,8-13H2,1-2H3. The van der Waals surface area contributed by atoms with Crippen LogP contribution >= 0.6 is 0 Å². The van der Waals surface area contributed by atoms with E-state index in [1.54, 1.807) is 0 Å². The van der Waals surface area contributed by atoms with Gasteiger partial charge in [-0.1, -0.05) is 37.3 Å². The maximum atomic E-state index is 9.29. The summed E-state index contributed by atoms with van der Waals surface area (Å²) in [6.45, 7) is 5.90. The SMILES string of the molecule is CC1CN(C)CCC1NCC(CCO)c1ccccc1. The molecule has 1 aromatic rings. The molecular weight excluding hydrogens is 248 g/mol. The smallest absolute Gasteiger partial charge is 0.0437 e. The van der Waals surface area contributed by atoms with Crippen molar-refractivity contribution in [2.45, 2.75) is 31.7 Å². The van der Waals surface area contributed by atoms with Gasteiger partial charge >= 0.3 is 0 Å². The molecule has 1 aliphatic heterocycles. The van der Waals surface area contributed by atoms with Crippen molar-refractivity contribution in [1.29, 1.82) is 0 Å². The quantitative estimate of drug-likeness (QED) is 0.835. The molecule has 20 heavy (non-hydrogen) atoms. The summed E-state index contributed by atoms with van der Waals surface area (Å²) in [5, 5.41) is 13.0. The topological polar surface area (TPSA) is 35.5 Å². The molecule has 1 saturated heterocycles. The summed E-state index contributed by atoms with van der Waals surface area (Å²) in [6.07, 6.45) is 2.05. The third-order valence-electron chi connectivity index (χ3n) is 4.48. The van der Waals surface area contributed by atoms with Crippen molar-refractivity contribution >= 4 is 0 Å². The van der Waals surface area contributed by atoms with Gasteiger partial charge in [0.25, 0.3) is 0 Å². The van der Waals surface area contributed by atoms with Crippen LogP contribution in [0.1, 0.15) is 31.2 Å². The number of aliphatic hydroxyl groups excluding tert-OH is 1. The maximum absolute atomic E-state index is 9.29. The van der Waals surface area contributed by atoms with Crippen molar-refractivity contribution in [1.82, 2.24) is 10.2 Å². The summed E-state index contributed by atoms with van der Waals surface area (Å²) >= 11 is 0. The molecule has 2 rings (SSSR count). The second-order valence-corrected chi connectivity index (χ2v) is 6.16. The highest BCUT2D eigenvalue weighted by atomic mass is 16.3. The molecule has 0 aliphatic carbocycles. The first-order valence-electron chi connectivity index (χ1n) is 7.78. The Morgan fingerprint density at radius 1 is 1.35 bits per heavy atom. The van der Waals surface area contributed by atoms with Gasteiger partial charge in [0.1, 0.15) is 0 Å². The van der Waals surface area contributed by atoms with Crippen molar-refractivity contribution in [2.24, 2.45) is 5.92 Å². The van der Waals surface area contributed by atoms with Crippen molar-refractivity contribution in [3.63, 3.8) is 0 Å². The lowest BCUT2D eigenvalue weighted by molar-refractivity contribution is 0.172. The van der Waals surface area contributed by atoms with Crippen molar-refractivity contribution in [3.05, 3.63) is 35.9 Å². The van der Waals surface area contributed by atoms with Gasteiger partial charge in [-0.25, -0.2) is 0 Å². The molecule has 0 aromatic heterocycles. The number of nitrogens with one attached hydrogen (secondary N) is 1. The molecule has 2 N–H and O–H groups in total. The van der Waals surface area contributed by atoms with Crippen LogP contribution in [0.5, 0.6) is 0 Å². The van der Waals surface area contributed by atoms with E-state index in [1.807, 2.05) is 6.07 Å². The van der Waals surface area contributed by atoms with Gasteiger partial charge in [0.05, 0.1) is 0 Å². The number of piperidine rings is 1. The number of hydrogen-bond donors (Lipinski definition) is 2. The summed E-state index contributed by atoms with van der Waals surface area (Å²) in [7, 11) is 2.20. The Bertz CT molecular complexity index is 382. The summed E-state index contributed by atoms with van der Waals surface area (Å²) in [5.74, 6) is 1.10. The molecule has 3 atom stereocenters. The summed E-state index contributed by atoms with van der Waals surface area (Å²) in [6, 6.07) is 11.2. The fraction of sp³-hybridized carbons (Fsp3) is 0.647. The minimum atomic E-state index is 0.254. The Morgan fingerprint density at radius 2 is 2.10 bits per heavy atom. The van der Waals surface area contributed by atoms with Gasteiger partial charge < -0.3 is 15.3 Å². The summed E-state index contributed by atoms with van der Waals surface area (Å²) in [4.78, 5) is 2.41. The van der Waals surface area contributed by atoms with Gasteiger partial charge in [-0.3, -0.25) is 0 Å². The Morgan fingerprint density at radius 3 is 2.75 bits per heavy atom. The normalized spacial score (nSPS) is 25.6. The fourth-order valence-electron chi connectivity index (χ4n) is 3.22. The van der Waals surface area contributed by atoms with Crippen LogP contribution in [-0.4, -0.2) is 49.3 Å². The van der Waals surface area contributed by atoms with E-state index in [0.717, 1.165) is 13.0 Å². The molecule has 112 valence electrons. The van der Waals surface area contributed by atoms with E-state index in [9.17, 15) is 5.11 Å². The van der Waals surface area contributed by atoms with Crippen LogP contribution in [0, 0.1) is 5.92 Å². The largest absolute Gasteiger partial charge is 0.396 e. The lowest BCUT2D eigenvalue weighted by Gasteiger charge is -2.36. The first kappa shape index (κ1) is 15.5. The molecule has 0 bridgehead atoms. The Balaban J connectivity index is 1.89. The first-order chi connectivity index (χ1) is 9.70. The van der Waals surface area contributed by atoms with E-state index in [0.29, 0.717) is 17.9 Å². The summed E-state index contributed by atoms with van der Waals surface area (Å²) in [5.41, 5.74) is 1.33. The van der Waals surface area contributed by atoms with Gasteiger partial charge in [0.2, 0.25) is 0 Å². The molecule has 0 amide bonds. The van der Waals surface area contributed by atoms with Gasteiger partial charge in [0.15, 0.2) is 0 Å². The highest BCUT2D eigenvalue weighted by Gasteiger charge is 2.24. The predicted molar refractivity (Wildman–Crippen MR) is 84.0 cm³/mol. The Hall–Kier alpha value is -0.900. The van der Waals surface area contributed by atoms with Crippen LogP contribution in [-0.2, 0) is 0 Å². The van der Waals surface area contributed by atoms with Crippen molar-refractivity contribution in [3.8, 4) is 0 Å². The maximum Gasteiger partial charge on any atom is 0.0437 e. The Labute approximate surface area is 123 Å². The van der Waals surface area contributed by atoms with E-state index < -0.39 is 0 Å². The van der Waals surface area contributed by atoms with E-state index in [2.05, 4.69) is 48.5 Å². The van der Waals surface area contributed by atoms with Crippen LogP contribution in [0.4, 0.5) is 0 Å². The van der Waals surface area contributed by atoms with E-state index in [1.165, 1.54) is 25.1 Å². The minimum absolute atomic E-state index is 0.254. The number of hydrogen-bond acceptors (Lipinski definition) is 3. The Kier molecular flexibility index (Phi) is 6.02. The highest BCUT2D eigenvalue weighted by molar-refractivity contribution is 5.19. The third kappa shape index (κ3) is 4.30. The highest BCUT2D eigenvalue weighted by Crippen LogP contribution is 2.21. The molecule has 1 heterocycles. The molecule has 3 nitrogen and oxygen atoms in total. The average Bonchev–Trinajstić information content (AvgIpc) is 2.46. The number of likely N-dealkylation sites (tertiary alicyclic amines) is 1. The fourth-order valence-corrected chi connectivity index (χ4v) is 3.22. The molecule has 0 saturated carbocycles. The lowest BCUT2D eigenvalue weighted by atomic mass is 9.91. The second-order valence-electron chi connectivity index (χ2n) is 6.16. The van der Waals surface area contributed by atoms with Crippen LogP contribution in [0.25, 0.3) is 0 Å². The number of benzene rings is 1. The van der Waals surface area contributed by atoms with Crippen LogP contribution in [0.3, 0.4) is 0 Å². The van der Waals surface area contributed by atoms with Gasteiger partial charge in [-0.2, -0.15) is 0 Å².